The summed E-state index contributed by atoms with van der Waals surface area (Å²) >= 11 is 0. The molecule has 2 rings (SSSR count). The molecule has 40 heavy (non-hydrogen) atoms. The minimum Gasteiger partial charge on any atom is -0.481 e. The summed E-state index contributed by atoms with van der Waals surface area (Å²) in [5.74, 6) is -0.929. The van der Waals surface area contributed by atoms with E-state index in [4.69, 9.17) is 10.2 Å². The zero-order valence-corrected chi connectivity index (χ0v) is 26.9. The van der Waals surface area contributed by atoms with E-state index in [0.717, 1.165) is 64.5 Å². The molecule has 0 saturated carbocycles. The van der Waals surface area contributed by atoms with Crippen molar-refractivity contribution >= 4 is 11.9 Å². The van der Waals surface area contributed by atoms with Crippen molar-refractivity contribution in [1.29, 1.82) is 0 Å². The van der Waals surface area contributed by atoms with E-state index in [1.807, 2.05) is 0 Å². The maximum Gasteiger partial charge on any atom is 0.339 e. The zero-order valence-electron chi connectivity index (χ0n) is 26.9. The summed E-state index contributed by atoms with van der Waals surface area (Å²) in [7, 11) is 0. The Morgan fingerprint density at radius 2 is 1.35 bits per heavy atom. The number of hydrogen-bond acceptors (Lipinski definition) is 5. The van der Waals surface area contributed by atoms with Gasteiger partial charge in [-0.2, -0.15) is 0 Å². The minimum atomic E-state index is -0.888. The molecule has 236 valence electrons. The number of carboxylic acids is 2. The summed E-state index contributed by atoms with van der Waals surface area (Å²) < 4.78 is 0. The normalized spacial score (nSPS) is 23.1. The third-order valence-corrected chi connectivity index (χ3v) is 9.63. The van der Waals surface area contributed by atoms with E-state index in [-0.39, 0.29) is 6.42 Å². The van der Waals surface area contributed by atoms with Gasteiger partial charge in [-0.15, -0.1) is 0 Å². The van der Waals surface area contributed by atoms with Gasteiger partial charge in [-0.25, -0.2) is 4.79 Å². The van der Waals surface area contributed by atoms with Crippen LogP contribution in [0, 0.1) is 11.3 Å². The van der Waals surface area contributed by atoms with Crippen LogP contribution in [0.1, 0.15) is 151 Å². The average molecular weight is 569 g/mol. The van der Waals surface area contributed by atoms with Gasteiger partial charge in [0.05, 0.1) is 0 Å². The molecule has 2 aliphatic heterocycles. The van der Waals surface area contributed by atoms with Crippen LogP contribution in [0.5, 0.6) is 0 Å². The molecule has 0 aliphatic carbocycles. The maximum atomic E-state index is 12.8. The van der Waals surface area contributed by atoms with Crippen LogP contribution >= 0.6 is 0 Å². The van der Waals surface area contributed by atoms with Gasteiger partial charge < -0.3 is 15.3 Å². The van der Waals surface area contributed by atoms with Crippen LogP contribution in [-0.2, 0) is 9.59 Å². The molecule has 7 nitrogen and oxygen atoms in total. The number of carbonyl (C=O) groups is 2. The molecular formula is C33H64N2O5. The van der Waals surface area contributed by atoms with Gasteiger partial charge in [0.1, 0.15) is 0 Å². The van der Waals surface area contributed by atoms with E-state index in [2.05, 4.69) is 51.3 Å². The van der Waals surface area contributed by atoms with Crippen molar-refractivity contribution in [3.05, 3.63) is 0 Å². The van der Waals surface area contributed by atoms with Crippen molar-refractivity contribution < 1.29 is 24.9 Å². The van der Waals surface area contributed by atoms with Gasteiger partial charge in [-0.1, -0.05) is 72.6 Å². The first kappa shape index (κ1) is 36.8. The molecule has 7 heteroatoms. The molecule has 0 aromatic carbocycles. The van der Waals surface area contributed by atoms with Crippen molar-refractivity contribution in [2.45, 2.75) is 168 Å². The molecule has 0 radical (unpaired) electrons. The highest BCUT2D eigenvalue weighted by Gasteiger charge is 2.52. The predicted molar refractivity (Wildman–Crippen MR) is 165 cm³/mol. The van der Waals surface area contributed by atoms with Crippen molar-refractivity contribution in [3.8, 4) is 0 Å². The van der Waals surface area contributed by atoms with Crippen LogP contribution in [0.4, 0.5) is 0 Å². The molecule has 2 fully saturated rings. The molecule has 2 saturated heterocycles. The Kier molecular flexibility index (Phi) is 17.6. The lowest BCUT2D eigenvalue weighted by molar-refractivity contribution is -0.183. The lowest BCUT2D eigenvalue weighted by atomic mass is 9.84. The highest BCUT2D eigenvalue weighted by Crippen LogP contribution is 2.37. The van der Waals surface area contributed by atoms with Gasteiger partial charge in [0.15, 0.2) is 5.66 Å². The zero-order chi connectivity index (χ0) is 30.2. The van der Waals surface area contributed by atoms with Crippen LogP contribution in [0.2, 0.25) is 0 Å². The highest BCUT2D eigenvalue weighted by molar-refractivity contribution is 5.78. The van der Waals surface area contributed by atoms with E-state index in [1.54, 1.807) is 0 Å². The Labute approximate surface area is 246 Å². The Hall–Kier alpha value is -1.18. The summed E-state index contributed by atoms with van der Waals surface area (Å²) in [5, 5.41) is 28.1. The summed E-state index contributed by atoms with van der Waals surface area (Å²) in [5.41, 5.74) is -0.393. The van der Waals surface area contributed by atoms with Crippen LogP contribution < -0.4 is 0 Å². The number of aliphatic carboxylic acids is 2. The summed E-state index contributed by atoms with van der Waals surface area (Å²) in [4.78, 5) is 28.0. The minimum absolute atomic E-state index is 0.232. The number of likely N-dealkylation sites (tertiary alicyclic amines) is 2. The number of unbranched alkanes of at least 4 members (excludes halogenated alkanes) is 4. The molecule has 0 bridgehead atoms. The molecule has 0 spiro atoms. The maximum absolute atomic E-state index is 12.8. The van der Waals surface area contributed by atoms with Crippen molar-refractivity contribution in [2.24, 2.45) is 11.3 Å². The molecule has 2 heterocycles. The molecule has 3 atom stereocenters. The Bertz CT molecular complexity index is 691. The van der Waals surface area contributed by atoms with Gasteiger partial charge in [0, 0.05) is 38.2 Å². The van der Waals surface area contributed by atoms with Crippen LogP contribution in [0.15, 0.2) is 0 Å². The van der Waals surface area contributed by atoms with Gasteiger partial charge in [0.2, 0.25) is 0 Å². The van der Waals surface area contributed by atoms with Gasteiger partial charge in [-0.05, 0) is 83.0 Å². The molecule has 3 unspecified atom stereocenters. The lowest BCUT2D eigenvalue weighted by Gasteiger charge is -2.55. The average Bonchev–Trinajstić information content (AvgIpc) is 2.91. The fraction of sp³-hybridized carbons (Fsp3) is 0.939. The van der Waals surface area contributed by atoms with Crippen LogP contribution in [0.3, 0.4) is 0 Å². The smallest absolute Gasteiger partial charge is 0.339 e. The van der Waals surface area contributed by atoms with Gasteiger partial charge >= 0.3 is 11.9 Å². The van der Waals surface area contributed by atoms with Crippen molar-refractivity contribution in [2.75, 3.05) is 19.7 Å². The second-order valence-electron chi connectivity index (χ2n) is 13.6. The van der Waals surface area contributed by atoms with E-state index in [9.17, 15) is 14.7 Å². The first-order chi connectivity index (χ1) is 18.9. The Morgan fingerprint density at radius 3 is 1.80 bits per heavy atom. The van der Waals surface area contributed by atoms with Crippen molar-refractivity contribution in [3.63, 3.8) is 0 Å². The number of aliphatic hydroxyl groups is 1. The molecule has 0 aromatic rings. The highest BCUT2D eigenvalue weighted by atomic mass is 16.4. The molecular weight excluding hydrogens is 504 g/mol. The number of piperidine rings is 2. The lowest BCUT2D eigenvalue weighted by Crippen LogP contribution is -2.70. The van der Waals surface area contributed by atoms with E-state index in [1.165, 1.54) is 38.5 Å². The third-order valence-electron chi connectivity index (χ3n) is 9.63. The summed E-state index contributed by atoms with van der Waals surface area (Å²) in [6.45, 7) is 15.5. The first-order valence-electron chi connectivity index (χ1n) is 16.5. The number of aliphatic hydroxyl groups excluding tert-OH is 1. The molecule has 0 aromatic heterocycles. The Balaban J connectivity index is 0.000000562. The number of hydrogen-bond donors (Lipinski definition) is 3. The standard InChI is InChI=1S/C22H40N2O4.C11H24O/c1-18-12-7-10-16-23(18)22(21(27)28,24-17-11-8-13-19(24)2)15-9-5-3-4-6-14-20(25)26;1-5-11(3,4)8-6-7-10(2)9-12/h18-19H,3-17H2,1-2H3,(H,25,26)(H,27,28);10,12H,5-9H2,1-4H3. The SMILES string of the molecule is CC1CCCCN1C(CCCCCCCC(=O)O)(C(=O)O)N1CCCCC1C.CCC(C)(C)CCCC(C)CO. The fourth-order valence-electron chi connectivity index (χ4n) is 6.48. The predicted octanol–water partition coefficient (Wildman–Crippen LogP) is 7.55. The third kappa shape index (κ3) is 12.4. The van der Waals surface area contributed by atoms with E-state index >= 15 is 0 Å². The topological polar surface area (TPSA) is 101 Å². The fourth-order valence-corrected chi connectivity index (χ4v) is 6.48. The van der Waals surface area contributed by atoms with Gasteiger partial charge in [-0.3, -0.25) is 14.6 Å². The number of nitrogens with zero attached hydrogens (tertiary/aromatic N) is 2. The molecule has 2 aliphatic rings. The van der Waals surface area contributed by atoms with Crippen LogP contribution in [0.25, 0.3) is 0 Å². The monoisotopic (exact) mass is 568 g/mol. The largest absolute Gasteiger partial charge is 0.481 e. The molecule has 3 N–H and O–H groups in total. The summed E-state index contributed by atoms with van der Waals surface area (Å²) in [6, 6.07) is 0.601. The van der Waals surface area contributed by atoms with E-state index in [0.29, 0.717) is 42.9 Å². The molecule has 0 amide bonds. The van der Waals surface area contributed by atoms with Crippen molar-refractivity contribution in [1.82, 2.24) is 9.80 Å². The quantitative estimate of drug-likeness (QED) is 0.156. The number of rotatable bonds is 17. The number of carboxylic acid groups (broad SMARTS) is 2. The first-order valence-corrected chi connectivity index (χ1v) is 16.5. The summed E-state index contributed by atoms with van der Waals surface area (Å²) in [6.07, 6.45) is 17.0. The second kappa shape index (κ2) is 19.1. The second-order valence-corrected chi connectivity index (χ2v) is 13.6. The van der Waals surface area contributed by atoms with E-state index < -0.39 is 17.6 Å². The van der Waals surface area contributed by atoms with Crippen LogP contribution in [-0.4, -0.2) is 74.5 Å². The Morgan fingerprint density at radius 1 is 0.825 bits per heavy atom. The van der Waals surface area contributed by atoms with Gasteiger partial charge in [0.25, 0.3) is 0 Å².